The Hall–Kier alpha value is -5.86. The lowest BCUT2D eigenvalue weighted by Gasteiger charge is -2.22. The number of rotatable bonds is 9. The van der Waals surface area contributed by atoms with Gasteiger partial charge < -0.3 is 25.8 Å². The Balaban J connectivity index is 1.41. The Labute approximate surface area is 280 Å². The fourth-order valence-corrected chi connectivity index (χ4v) is 5.35. The summed E-state index contributed by atoms with van der Waals surface area (Å²) in [4.78, 5) is 52.4. The van der Waals surface area contributed by atoms with Gasteiger partial charge in [-0.05, 0) is 75.6 Å². The van der Waals surface area contributed by atoms with Gasteiger partial charge in [-0.15, -0.1) is 0 Å². The molecule has 3 aromatic heterocycles. The first-order valence-electron chi connectivity index (χ1n) is 15.7. The number of halogens is 1. The summed E-state index contributed by atoms with van der Waals surface area (Å²) in [6, 6.07) is 8.85. The lowest BCUT2D eigenvalue weighted by molar-refractivity contribution is -0.147. The van der Waals surface area contributed by atoms with Gasteiger partial charge in [-0.3, -0.25) is 14.0 Å². The summed E-state index contributed by atoms with van der Waals surface area (Å²) in [6.07, 6.45) is 6.04. The highest BCUT2D eigenvalue weighted by Crippen LogP contribution is 2.41. The zero-order valence-electron chi connectivity index (χ0n) is 27.7. The van der Waals surface area contributed by atoms with E-state index < -0.39 is 35.1 Å². The fraction of sp³-hybridized carbons (Fsp3) is 0.324. The van der Waals surface area contributed by atoms with Crippen molar-refractivity contribution < 1.29 is 23.5 Å². The second-order valence-corrected chi connectivity index (χ2v) is 12.9. The van der Waals surface area contributed by atoms with Crippen molar-refractivity contribution in [2.24, 2.45) is 7.05 Å². The van der Waals surface area contributed by atoms with E-state index in [1.54, 1.807) is 75.4 Å². The molecule has 1 fully saturated rings. The second kappa shape index (κ2) is 13.0. The summed E-state index contributed by atoms with van der Waals surface area (Å²) in [5, 5.41) is 10.0. The third-order valence-electron chi connectivity index (χ3n) is 7.74. The van der Waals surface area contributed by atoms with E-state index in [2.05, 4.69) is 30.7 Å². The maximum Gasteiger partial charge on any atom is 0.408 e. The summed E-state index contributed by atoms with van der Waals surface area (Å²) >= 11 is 0. The molecule has 49 heavy (non-hydrogen) atoms. The molecule has 1 aliphatic carbocycles. The molecule has 0 unspecified atom stereocenters. The normalized spacial score (nSPS) is 13.6. The predicted octanol–water partition coefficient (Wildman–Crippen LogP) is 4.87. The van der Waals surface area contributed by atoms with Crippen molar-refractivity contribution in [3.8, 4) is 17.1 Å². The number of nitrogens with two attached hydrogens (primary N) is 1. The summed E-state index contributed by atoms with van der Waals surface area (Å²) < 4.78 is 29.3. The maximum atomic E-state index is 15.5. The number of hydrogen-bond donors (Lipinski definition) is 3. The number of nitrogens with zero attached hydrogens (tertiary/aromatic N) is 6. The van der Waals surface area contributed by atoms with E-state index in [0.717, 1.165) is 18.4 Å². The number of carbonyl (C=O) groups excluding carboxylic acids is 2. The minimum absolute atomic E-state index is 0.0669. The molecule has 4 N–H and O–H groups in total. The third kappa shape index (κ3) is 7.50. The summed E-state index contributed by atoms with van der Waals surface area (Å²) in [5.74, 6) is -0.948. The fourth-order valence-electron chi connectivity index (χ4n) is 5.35. The summed E-state index contributed by atoms with van der Waals surface area (Å²) in [7, 11) is 1.76. The number of aryl methyl sites for hydroxylation is 1. The summed E-state index contributed by atoms with van der Waals surface area (Å²) in [6.45, 7) is 6.18. The van der Waals surface area contributed by atoms with Crippen molar-refractivity contribution in [3.05, 3.63) is 82.3 Å². The number of ether oxygens (including phenoxy) is 2. The van der Waals surface area contributed by atoms with Gasteiger partial charge in [0.2, 0.25) is 11.9 Å². The largest absolute Gasteiger partial charge is 0.459 e. The lowest BCUT2D eigenvalue weighted by Crippen LogP contribution is -2.42. The van der Waals surface area contributed by atoms with Gasteiger partial charge in [0.15, 0.2) is 5.82 Å². The van der Waals surface area contributed by atoms with Crippen LogP contribution in [0.15, 0.2) is 59.8 Å². The van der Waals surface area contributed by atoms with Crippen LogP contribution in [0.5, 0.6) is 0 Å². The molecule has 1 aliphatic rings. The van der Waals surface area contributed by atoms with E-state index >= 15 is 4.39 Å². The Kier molecular flexibility index (Phi) is 8.75. The van der Waals surface area contributed by atoms with Crippen molar-refractivity contribution in [2.45, 2.75) is 64.7 Å². The first-order chi connectivity index (χ1) is 23.3. The molecular formula is C34H36FN9O5. The average molecular weight is 670 g/mol. The van der Waals surface area contributed by atoms with Crippen LogP contribution in [-0.4, -0.2) is 53.0 Å². The van der Waals surface area contributed by atoms with E-state index in [0.29, 0.717) is 28.1 Å². The number of esters is 1. The molecule has 0 spiro atoms. The van der Waals surface area contributed by atoms with E-state index in [-0.39, 0.29) is 35.4 Å². The number of fused-ring (bicyclic) bond motifs is 1. The molecule has 5 aromatic rings. The van der Waals surface area contributed by atoms with Crippen LogP contribution in [0.4, 0.5) is 26.8 Å². The van der Waals surface area contributed by atoms with Crippen LogP contribution in [0.3, 0.4) is 0 Å². The van der Waals surface area contributed by atoms with Crippen LogP contribution in [-0.2, 0) is 27.9 Å². The Morgan fingerprint density at radius 3 is 2.61 bits per heavy atom. The standard InChI is InChI=1S/C34H36FN9O5/c1-18(38-33(47)49-34(2,3)4)30(46)48-17-24-23(28-40-31(36)42-32(41-28)39-22-15-37-43(5)16-22)7-6-8-26(24)44-12-11-20-13-21(19-9-10-19)14-25(35)27(20)29(44)45/h6-8,11-16,18-19H,9-10,17H2,1-5H3,(H,38,47)(H3,36,39,40,41,42)/t18-/m1/s1. The number of nitrogen functional groups attached to an aromatic ring is 1. The molecule has 1 amide bonds. The first-order valence-corrected chi connectivity index (χ1v) is 15.7. The molecule has 0 radical (unpaired) electrons. The van der Waals surface area contributed by atoms with Crippen LogP contribution in [0.1, 0.15) is 57.6 Å². The van der Waals surface area contributed by atoms with E-state index in [9.17, 15) is 14.4 Å². The molecule has 0 saturated heterocycles. The number of pyridine rings is 1. The molecule has 14 nitrogen and oxygen atoms in total. The monoisotopic (exact) mass is 669 g/mol. The molecular weight excluding hydrogens is 633 g/mol. The quantitative estimate of drug-likeness (QED) is 0.182. The third-order valence-corrected chi connectivity index (χ3v) is 7.74. The number of benzene rings is 2. The van der Waals surface area contributed by atoms with Crippen LogP contribution in [0.25, 0.3) is 27.8 Å². The molecule has 2 aromatic carbocycles. The lowest BCUT2D eigenvalue weighted by atomic mass is 10.0. The molecule has 254 valence electrons. The molecule has 1 saturated carbocycles. The highest BCUT2D eigenvalue weighted by molar-refractivity contribution is 5.84. The van der Waals surface area contributed by atoms with Crippen LogP contribution < -0.4 is 21.9 Å². The van der Waals surface area contributed by atoms with E-state index in [1.165, 1.54) is 17.6 Å². The Bertz CT molecular complexity index is 2140. The highest BCUT2D eigenvalue weighted by atomic mass is 19.1. The first kappa shape index (κ1) is 33.1. The topological polar surface area (TPSA) is 181 Å². The minimum Gasteiger partial charge on any atom is -0.459 e. The van der Waals surface area contributed by atoms with Gasteiger partial charge in [0.25, 0.3) is 5.56 Å². The van der Waals surface area contributed by atoms with Crippen LogP contribution >= 0.6 is 0 Å². The van der Waals surface area contributed by atoms with Gasteiger partial charge in [0.05, 0.1) is 23.0 Å². The Morgan fingerprint density at radius 2 is 1.92 bits per heavy atom. The minimum atomic E-state index is -1.08. The number of carbonyl (C=O) groups is 2. The average Bonchev–Trinajstić information content (AvgIpc) is 3.80. The van der Waals surface area contributed by atoms with Crippen molar-refractivity contribution in [3.63, 3.8) is 0 Å². The van der Waals surface area contributed by atoms with Crippen molar-refractivity contribution in [1.29, 1.82) is 0 Å². The number of anilines is 3. The van der Waals surface area contributed by atoms with Gasteiger partial charge in [0, 0.05) is 30.6 Å². The van der Waals surface area contributed by atoms with Crippen molar-refractivity contribution in [1.82, 2.24) is 34.6 Å². The molecule has 1 atom stereocenters. The molecule has 0 bridgehead atoms. The highest BCUT2D eigenvalue weighted by Gasteiger charge is 2.27. The molecule has 0 aliphatic heterocycles. The number of amides is 1. The number of alkyl carbamates (subject to hydrolysis) is 1. The van der Waals surface area contributed by atoms with Crippen molar-refractivity contribution in [2.75, 3.05) is 11.1 Å². The molecule has 6 rings (SSSR count). The number of hydrogen-bond acceptors (Lipinski definition) is 11. The van der Waals surface area contributed by atoms with Gasteiger partial charge in [-0.1, -0.05) is 18.2 Å². The number of aromatic nitrogens is 6. The van der Waals surface area contributed by atoms with Crippen LogP contribution in [0, 0.1) is 5.82 Å². The van der Waals surface area contributed by atoms with Gasteiger partial charge >= 0.3 is 12.1 Å². The van der Waals surface area contributed by atoms with Crippen LogP contribution in [0.2, 0.25) is 0 Å². The van der Waals surface area contributed by atoms with Gasteiger partial charge in [-0.2, -0.15) is 20.1 Å². The number of nitrogens with one attached hydrogen (secondary N) is 2. The smallest absolute Gasteiger partial charge is 0.408 e. The van der Waals surface area contributed by atoms with Gasteiger partial charge in [-0.25, -0.2) is 14.0 Å². The Morgan fingerprint density at radius 1 is 1.14 bits per heavy atom. The SMILES string of the molecule is C[C@@H](NC(=O)OC(C)(C)C)C(=O)OCc1c(-c2nc(N)nc(Nc3cnn(C)c3)n2)cccc1-n1ccc2cc(C3CC3)cc(F)c2c1=O. The second-order valence-electron chi connectivity index (χ2n) is 12.9. The molecule has 3 heterocycles. The predicted molar refractivity (Wildman–Crippen MR) is 180 cm³/mol. The molecule has 15 heteroatoms. The summed E-state index contributed by atoms with van der Waals surface area (Å²) in [5.41, 5.74) is 7.15. The maximum absolute atomic E-state index is 15.5. The van der Waals surface area contributed by atoms with E-state index in [4.69, 9.17) is 15.2 Å². The zero-order chi connectivity index (χ0) is 35.0. The van der Waals surface area contributed by atoms with E-state index in [1.807, 2.05) is 6.07 Å². The van der Waals surface area contributed by atoms with Gasteiger partial charge in [0.1, 0.15) is 24.1 Å². The zero-order valence-corrected chi connectivity index (χ0v) is 27.7. The van der Waals surface area contributed by atoms with Crippen molar-refractivity contribution >= 4 is 40.4 Å².